The first kappa shape index (κ1) is 8.27. The van der Waals surface area contributed by atoms with Crippen molar-refractivity contribution in [2.24, 2.45) is 0 Å². The van der Waals surface area contributed by atoms with Gasteiger partial charge in [-0.3, -0.25) is 4.79 Å². The summed E-state index contributed by atoms with van der Waals surface area (Å²) in [6.45, 7) is 5.28. The van der Waals surface area contributed by atoms with E-state index >= 15 is 0 Å². The van der Waals surface area contributed by atoms with Crippen LogP contribution in [0.4, 0.5) is 0 Å². The van der Waals surface area contributed by atoms with Crippen LogP contribution < -0.4 is 0 Å². The summed E-state index contributed by atoms with van der Waals surface area (Å²) in [6.07, 6.45) is 2.41. The Morgan fingerprint density at radius 2 is 2.09 bits per heavy atom. The van der Waals surface area contributed by atoms with Gasteiger partial charge in [0.05, 0.1) is 13.2 Å². The van der Waals surface area contributed by atoms with Crippen LogP contribution >= 0.6 is 0 Å². The average Bonchev–Trinajstić information content (AvgIpc) is 2.07. The monoisotopic (exact) mass is 155 g/mol. The van der Waals surface area contributed by atoms with Crippen molar-refractivity contribution >= 4 is 6.29 Å². The summed E-state index contributed by atoms with van der Waals surface area (Å²) >= 11 is 0. The lowest BCUT2D eigenvalue weighted by molar-refractivity contribution is -0.104. The fourth-order valence-corrected chi connectivity index (χ4v) is 1.12. The second kappa shape index (κ2) is 4.13. The van der Waals surface area contributed by atoms with Gasteiger partial charge in [0, 0.05) is 18.8 Å². The van der Waals surface area contributed by atoms with Gasteiger partial charge in [-0.05, 0) is 13.0 Å². The number of allylic oxidation sites excluding steroid dienone is 2. The van der Waals surface area contributed by atoms with Crippen LogP contribution in [0.2, 0.25) is 0 Å². The van der Waals surface area contributed by atoms with Gasteiger partial charge in [-0.15, -0.1) is 0 Å². The van der Waals surface area contributed by atoms with E-state index in [1.807, 2.05) is 6.92 Å². The first-order valence-electron chi connectivity index (χ1n) is 3.79. The number of morpholine rings is 1. The van der Waals surface area contributed by atoms with Gasteiger partial charge >= 0.3 is 0 Å². The number of aldehydes is 1. The molecule has 11 heavy (non-hydrogen) atoms. The molecule has 1 fully saturated rings. The maximum absolute atomic E-state index is 10.1. The molecule has 62 valence electrons. The lowest BCUT2D eigenvalue weighted by Crippen LogP contribution is -2.34. The van der Waals surface area contributed by atoms with Gasteiger partial charge in [0.25, 0.3) is 0 Å². The molecule has 0 aromatic heterocycles. The Balaban J connectivity index is 2.44. The average molecular weight is 155 g/mol. The first-order chi connectivity index (χ1) is 5.34. The largest absolute Gasteiger partial charge is 0.378 e. The number of carbonyl (C=O) groups excluding carboxylic acids is 1. The van der Waals surface area contributed by atoms with Crippen molar-refractivity contribution in [2.75, 3.05) is 26.3 Å². The molecule has 0 aromatic rings. The van der Waals surface area contributed by atoms with Crippen LogP contribution in [0.3, 0.4) is 0 Å². The van der Waals surface area contributed by atoms with Crippen molar-refractivity contribution in [3.8, 4) is 0 Å². The summed E-state index contributed by atoms with van der Waals surface area (Å²) in [5.74, 6) is 0. The molecule has 0 unspecified atom stereocenters. The lowest BCUT2D eigenvalue weighted by atomic mass is 10.3. The minimum Gasteiger partial charge on any atom is -0.378 e. The van der Waals surface area contributed by atoms with Crippen LogP contribution in [0, 0.1) is 0 Å². The molecule has 1 saturated heterocycles. The first-order valence-corrected chi connectivity index (χ1v) is 3.79. The molecule has 0 N–H and O–H groups in total. The predicted molar refractivity (Wildman–Crippen MR) is 42.2 cm³/mol. The Bertz CT molecular complexity index is 159. The van der Waals surface area contributed by atoms with Gasteiger partial charge in [0.2, 0.25) is 0 Å². The van der Waals surface area contributed by atoms with Crippen LogP contribution in [0.15, 0.2) is 11.8 Å². The molecule has 0 saturated carbocycles. The molecule has 1 heterocycles. The quantitative estimate of drug-likeness (QED) is 0.427. The van der Waals surface area contributed by atoms with E-state index in [-0.39, 0.29) is 0 Å². The van der Waals surface area contributed by atoms with E-state index in [1.54, 1.807) is 6.08 Å². The smallest absolute Gasteiger partial charge is 0.144 e. The molecule has 0 amide bonds. The molecular weight excluding hydrogens is 142 g/mol. The summed E-state index contributed by atoms with van der Waals surface area (Å²) < 4.78 is 5.17. The van der Waals surface area contributed by atoms with E-state index in [0.717, 1.165) is 38.3 Å². The Hall–Kier alpha value is -0.830. The molecule has 0 radical (unpaired) electrons. The fourth-order valence-electron chi connectivity index (χ4n) is 1.12. The number of hydrogen-bond acceptors (Lipinski definition) is 3. The van der Waals surface area contributed by atoms with Crippen LogP contribution in [-0.2, 0) is 9.53 Å². The fraction of sp³-hybridized carbons (Fsp3) is 0.625. The SMILES string of the molecule is CC(=CC=O)N1CCOCC1. The molecule has 0 spiro atoms. The standard InChI is InChI=1S/C8H13NO2/c1-8(2-5-10)9-3-6-11-7-4-9/h2,5H,3-4,6-7H2,1H3. The van der Waals surface area contributed by atoms with Gasteiger partial charge in [-0.2, -0.15) is 0 Å². The summed E-state index contributed by atoms with van der Waals surface area (Å²) in [7, 11) is 0. The Morgan fingerprint density at radius 3 is 2.64 bits per heavy atom. The number of carbonyl (C=O) groups is 1. The minimum atomic E-state index is 0.768. The normalized spacial score (nSPS) is 20.1. The van der Waals surface area contributed by atoms with Gasteiger partial charge in [-0.25, -0.2) is 0 Å². The lowest BCUT2D eigenvalue weighted by Gasteiger charge is -2.28. The molecule has 0 bridgehead atoms. The molecule has 0 aromatic carbocycles. The number of ether oxygens (including phenoxy) is 1. The van der Waals surface area contributed by atoms with E-state index in [9.17, 15) is 4.79 Å². The van der Waals surface area contributed by atoms with Crippen molar-refractivity contribution < 1.29 is 9.53 Å². The highest BCUT2D eigenvalue weighted by Gasteiger charge is 2.09. The van der Waals surface area contributed by atoms with Crippen LogP contribution in [0.5, 0.6) is 0 Å². The summed E-state index contributed by atoms with van der Waals surface area (Å²) in [4.78, 5) is 12.3. The van der Waals surface area contributed by atoms with E-state index in [0.29, 0.717) is 0 Å². The Labute approximate surface area is 66.6 Å². The maximum Gasteiger partial charge on any atom is 0.144 e. The maximum atomic E-state index is 10.1. The third kappa shape index (κ3) is 2.35. The van der Waals surface area contributed by atoms with Crippen LogP contribution in [0.25, 0.3) is 0 Å². The summed E-state index contributed by atoms with van der Waals surface area (Å²) in [6, 6.07) is 0. The van der Waals surface area contributed by atoms with Crippen LogP contribution in [0.1, 0.15) is 6.92 Å². The number of hydrogen-bond donors (Lipinski definition) is 0. The second-order valence-electron chi connectivity index (χ2n) is 2.54. The Kier molecular flexibility index (Phi) is 3.11. The second-order valence-corrected chi connectivity index (χ2v) is 2.54. The van der Waals surface area contributed by atoms with Crippen molar-refractivity contribution in [1.82, 2.24) is 4.90 Å². The summed E-state index contributed by atoms with van der Waals surface area (Å²) in [5.41, 5.74) is 1.03. The molecule has 1 aliphatic rings. The third-order valence-electron chi connectivity index (χ3n) is 1.82. The minimum absolute atomic E-state index is 0.768. The number of nitrogens with zero attached hydrogens (tertiary/aromatic N) is 1. The summed E-state index contributed by atoms with van der Waals surface area (Å²) in [5, 5.41) is 0. The molecule has 0 aliphatic carbocycles. The molecule has 1 rings (SSSR count). The molecule has 3 heteroatoms. The zero-order chi connectivity index (χ0) is 8.10. The molecular formula is C8H13NO2. The van der Waals surface area contributed by atoms with Crippen molar-refractivity contribution in [1.29, 1.82) is 0 Å². The van der Waals surface area contributed by atoms with Crippen molar-refractivity contribution in [2.45, 2.75) is 6.92 Å². The number of rotatable bonds is 2. The third-order valence-corrected chi connectivity index (χ3v) is 1.82. The highest BCUT2D eigenvalue weighted by atomic mass is 16.5. The van der Waals surface area contributed by atoms with Gasteiger partial charge in [0.15, 0.2) is 0 Å². The highest BCUT2D eigenvalue weighted by Crippen LogP contribution is 2.05. The van der Waals surface area contributed by atoms with Gasteiger partial charge in [-0.1, -0.05) is 0 Å². The molecule has 3 nitrogen and oxygen atoms in total. The van der Waals surface area contributed by atoms with Crippen LogP contribution in [-0.4, -0.2) is 37.5 Å². The van der Waals surface area contributed by atoms with E-state index < -0.39 is 0 Å². The highest BCUT2D eigenvalue weighted by molar-refractivity contribution is 5.65. The topological polar surface area (TPSA) is 29.5 Å². The predicted octanol–water partition coefficient (Wildman–Crippen LogP) is 0.421. The van der Waals surface area contributed by atoms with Crippen molar-refractivity contribution in [3.05, 3.63) is 11.8 Å². The van der Waals surface area contributed by atoms with Gasteiger partial charge in [0.1, 0.15) is 6.29 Å². The van der Waals surface area contributed by atoms with E-state index in [2.05, 4.69) is 4.90 Å². The zero-order valence-corrected chi connectivity index (χ0v) is 6.75. The zero-order valence-electron chi connectivity index (χ0n) is 6.75. The molecule has 1 aliphatic heterocycles. The van der Waals surface area contributed by atoms with E-state index in [1.165, 1.54) is 0 Å². The van der Waals surface area contributed by atoms with E-state index in [4.69, 9.17) is 4.74 Å². The van der Waals surface area contributed by atoms with Crippen molar-refractivity contribution in [3.63, 3.8) is 0 Å². The molecule has 0 atom stereocenters. The van der Waals surface area contributed by atoms with Gasteiger partial charge < -0.3 is 9.64 Å². The Morgan fingerprint density at radius 1 is 1.45 bits per heavy atom.